The molecule has 0 radical (unpaired) electrons. The largest absolute Gasteiger partial charge is 0.486 e. The Labute approximate surface area is 117 Å². The van der Waals surface area contributed by atoms with Crippen molar-refractivity contribution in [2.24, 2.45) is 0 Å². The van der Waals surface area contributed by atoms with E-state index in [1.807, 2.05) is 12.1 Å². The fourth-order valence-electron chi connectivity index (χ4n) is 2.00. The number of methoxy groups -OCH3 is 1. The zero-order valence-corrected chi connectivity index (χ0v) is 12.6. The molecular formula is C16H27NO2. The van der Waals surface area contributed by atoms with Gasteiger partial charge in [-0.25, -0.2) is 0 Å². The maximum absolute atomic E-state index is 6.11. The smallest absolute Gasteiger partial charge is 0.134 e. The molecule has 1 N–H and O–H groups in total. The van der Waals surface area contributed by atoms with Crippen molar-refractivity contribution in [3.05, 3.63) is 29.8 Å². The monoisotopic (exact) mass is 265 g/mol. The molecule has 3 heteroatoms. The first-order chi connectivity index (χ1) is 9.19. The summed E-state index contributed by atoms with van der Waals surface area (Å²) in [6.45, 7) is 8.95. The van der Waals surface area contributed by atoms with Gasteiger partial charge in [-0.2, -0.15) is 0 Å². The van der Waals surface area contributed by atoms with Crippen LogP contribution in [0, 0.1) is 0 Å². The van der Waals surface area contributed by atoms with Gasteiger partial charge < -0.3 is 14.8 Å². The van der Waals surface area contributed by atoms with E-state index in [2.05, 4.69) is 38.2 Å². The van der Waals surface area contributed by atoms with Crippen molar-refractivity contribution < 1.29 is 9.47 Å². The van der Waals surface area contributed by atoms with Crippen molar-refractivity contribution in [1.29, 1.82) is 0 Å². The van der Waals surface area contributed by atoms with Crippen LogP contribution in [0.4, 0.5) is 0 Å². The molecule has 0 heterocycles. The van der Waals surface area contributed by atoms with Crippen molar-refractivity contribution in [2.45, 2.75) is 39.2 Å². The molecule has 3 nitrogen and oxygen atoms in total. The molecule has 0 fully saturated rings. The van der Waals surface area contributed by atoms with Gasteiger partial charge in [0.2, 0.25) is 0 Å². The quantitative estimate of drug-likeness (QED) is 0.696. The number of hydrogen-bond acceptors (Lipinski definition) is 3. The molecule has 19 heavy (non-hydrogen) atoms. The van der Waals surface area contributed by atoms with Gasteiger partial charge in [-0.3, -0.25) is 0 Å². The molecule has 1 aromatic carbocycles. The number of nitrogens with one attached hydrogen (secondary N) is 1. The average molecular weight is 265 g/mol. The third kappa shape index (κ3) is 5.62. The lowest BCUT2D eigenvalue weighted by Gasteiger charge is -2.22. The highest BCUT2D eigenvalue weighted by Crippen LogP contribution is 2.26. The average Bonchev–Trinajstić information content (AvgIpc) is 2.39. The van der Waals surface area contributed by atoms with Gasteiger partial charge in [0.05, 0.1) is 6.61 Å². The Balaban J connectivity index is 2.67. The molecule has 1 aromatic rings. The molecule has 0 aromatic heterocycles. The fourth-order valence-corrected chi connectivity index (χ4v) is 2.00. The lowest BCUT2D eigenvalue weighted by Crippen LogP contribution is -2.35. The second kappa shape index (κ2) is 8.94. The Morgan fingerprint density at radius 1 is 1.21 bits per heavy atom. The van der Waals surface area contributed by atoms with Gasteiger partial charge in [-0.15, -0.1) is 0 Å². The maximum atomic E-state index is 6.11. The highest BCUT2D eigenvalue weighted by atomic mass is 16.5. The van der Waals surface area contributed by atoms with Crippen molar-refractivity contribution in [3.63, 3.8) is 0 Å². The molecule has 0 bridgehead atoms. The Hall–Kier alpha value is -1.06. The van der Waals surface area contributed by atoms with E-state index >= 15 is 0 Å². The highest BCUT2D eigenvalue weighted by molar-refractivity contribution is 5.35. The summed E-state index contributed by atoms with van der Waals surface area (Å²) >= 11 is 0. The van der Waals surface area contributed by atoms with Crippen LogP contribution in [-0.2, 0) is 4.74 Å². The molecule has 0 aliphatic carbocycles. The molecular weight excluding hydrogens is 238 g/mol. The lowest BCUT2D eigenvalue weighted by atomic mass is 10.0. The van der Waals surface area contributed by atoms with Crippen LogP contribution in [0.2, 0.25) is 0 Å². The summed E-state index contributed by atoms with van der Waals surface area (Å²) in [4.78, 5) is 0. The molecule has 0 aliphatic heterocycles. The van der Waals surface area contributed by atoms with Crippen LogP contribution >= 0.6 is 0 Å². The van der Waals surface area contributed by atoms with Crippen molar-refractivity contribution in [1.82, 2.24) is 5.32 Å². The standard InChI is InChI=1S/C16H27NO2/c1-5-10-17-11-14(12-18-4)19-16-9-7-6-8-15(16)13(2)3/h6-9,13-14,17H,5,10-12H2,1-4H3. The summed E-state index contributed by atoms with van der Waals surface area (Å²) in [5.41, 5.74) is 1.25. The molecule has 108 valence electrons. The summed E-state index contributed by atoms with van der Waals surface area (Å²) in [6.07, 6.45) is 1.18. The molecule has 1 rings (SSSR count). The van der Waals surface area contributed by atoms with Crippen LogP contribution < -0.4 is 10.1 Å². The number of hydrogen-bond donors (Lipinski definition) is 1. The van der Waals surface area contributed by atoms with E-state index in [9.17, 15) is 0 Å². The predicted molar refractivity (Wildman–Crippen MR) is 80.0 cm³/mol. The van der Waals surface area contributed by atoms with Gasteiger partial charge >= 0.3 is 0 Å². The van der Waals surface area contributed by atoms with Gasteiger partial charge in [-0.05, 0) is 30.5 Å². The third-order valence-corrected chi connectivity index (χ3v) is 2.99. The molecule has 1 atom stereocenters. The first-order valence-corrected chi connectivity index (χ1v) is 7.14. The third-order valence-electron chi connectivity index (χ3n) is 2.99. The molecule has 0 aliphatic rings. The van der Waals surface area contributed by atoms with Gasteiger partial charge in [-0.1, -0.05) is 39.0 Å². The van der Waals surface area contributed by atoms with Crippen molar-refractivity contribution in [2.75, 3.05) is 26.8 Å². The Kier molecular flexibility index (Phi) is 7.53. The second-order valence-corrected chi connectivity index (χ2v) is 5.09. The molecule has 0 spiro atoms. The molecule has 0 saturated carbocycles. The van der Waals surface area contributed by atoms with Crippen LogP contribution in [0.3, 0.4) is 0 Å². The van der Waals surface area contributed by atoms with E-state index in [1.165, 1.54) is 5.56 Å². The number of ether oxygens (including phenoxy) is 2. The minimum atomic E-state index is 0.0523. The molecule has 0 saturated heterocycles. The van der Waals surface area contributed by atoms with Crippen molar-refractivity contribution in [3.8, 4) is 5.75 Å². The second-order valence-electron chi connectivity index (χ2n) is 5.09. The first kappa shape index (κ1) is 16.0. The van der Waals surface area contributed by atoms with Crippen molar-refractivity contribution >= 4 is 0 Å². The van der Waals surface area contributed by atoms with Gasteiger partial charge in [0, 0.05) is 13.7 Å². The Bertz CT molecular complexity index is 352. The van der Waals surface area contributed by atoms with Crippen LogP contribution in [-0.4, -0.2) is 32.9 Å². The molecule has 0 amide bonds. The number of rotatable bonds is 9. The van der Waals surface area contributed by atoms with Crippen LogP contribution in [0.5, 0.6) is 5.75 Å². The maximum Gasteiger partial charge on any atom is 0.134 e. The highest BCUT2D eigenvalue weighted by Gasteiger charge is 2.13. The van der Waals surface area contributed by atoms with Gasteiger partial charge in [0.1, 0.15) is 11.9 Å². The van der Waals surface area contributed by atoms with E-state index in [1.54, 1.807) is 7.11 Å². The van der Waals surface area contributed by atoms with E-state index in [-0.39, 0.29) is 6.10 Å². The first-order valence-electron chi connectivity index (χ1n) is 7.14. The van der Waals surface area contributed by atoms with E-state index in [0.717, 1.165) is 25.3 Å². The summed E-state index contributed by atoms with van der Waals surface area (Å²) in [5.74, 6) is 1.43. The Morgan fingerprint density at radius 2 is 1.95 bits per heavy atom. The summed E-state index contributed by atoms with van der Waals surface area (Å²) in [7, 11) is 1.71. The Morgan fingerprint density at radius 3 is 2.58 bits per heavy atom. The predicted octanol–water partition coefficient (Wildman–Crippen LogP) is 3.20. The van der Waals surface area contributed by atoms with Gasteiger partial charge in [0.15, 0.2) is 0 Å². The van der Waals surface area contributed by atoms with Crippen LogP contribution in [0.1, 0.15) is 38.7 Å². The normalized spacial score (nSPS) is 12.7. The van der Waals surface area contributed by atoms with Gasteiger partial charge in [0.25, 0.3) is 0 Å². The summed E-state index contributed by atoms with van der Waals surface area (Å²) < 4.78 is 11.3. The zero-order valence-electron chi connectivity index (χ0n) is 12.6. The summed E-state index contributed by atoms with van der Waals surface area (Å²) in [5, 5.41) is 3.38. The zero-order chi connectivity index (χ0) is 14.1. The fraction of sp³-hybridized carbons (Fsp3) is 0.625. The summed E-state index contributed by atoms with van der Waals surface area (Å²) in [6, 6.07) is 8.24. The molecule has 1 unspecified atom stereocenters. The van der Waals surface area contributed by atoms with E-state index in [4.69, 9.17) is 9.47 Å². The minimum absolute atomic E-state index is 0.0523. The number of benzene rings is 1. The minimum Gasteiger partial charge on any atom is -0.486 e. The lowest BCUT2D eigenvalue weighted by molar-refractivity contribution is 0.0799. The topological polar surface area (TPSA) is 30.5 Å². The SMILES string of the molecule is CCCNCC(COC)Oc1ccccc1C(C)C. The number of para-hydroxylation sites is 1. The van der Waals surface area contributed by atoms with E-state index < -0.39 is 0 Å². The van der Waals surface area contributed by atoms with Crippen LogP contribution in [0.25, 0.3) is 0 Å². The van der Waals surface area contributed by atoms with Crippen LogP contribution in [0.15, 0.2) is 24.3 Å². The van der Waals surface area contributed by atoms with E-state index in [0.29, 0.717) is 12.5 Å².